The molecule has 14 nitrogen and oxygen atoms in total. The van der Waals surface area contributed by atoms with Crippen LogP contribution in [0.4, 0.5) is 5.69 Å². The van der Waals surface area contributed by atoms with Crippen molar-refractivity contribution < 1.29 is 33.5 Å². The van der Waals surface area contributed by atoms with E-state index in [4.69, 9.17) is 10.5 Å². The Morgan fingerprint density at radius 1 is 0.800 bits per heavy atom. The average molecular weight is 756 g/mol. The topological polar surface area (TPSA) is 175 Å². The van der Waals surface area contributed by atoms with Crippen molar-refractivity contribution in [3.63, 3.8) is 0 Å². The molecule has 0 saturated carbocycles. The van der Waals surface area contributed by atoms with Gasteiger partial charge in [0.2, 0.25) is 29.5 Å². The number of carbonyl (C=O) groups excluding carboxylic acids is 6. The van der Waals surface area contributed by atoms with E-state index < -0.39 is 41.7 Å². The van der Waals surface area contributed by atoms with Gasteiger partial charge in [-0.2, -0.15) is 0 Å². The van der Waals surface area contributed by atoms with Gasteiger partial charge in [-0.1, -0.05) is 72.8 Å². The van der Waals surface area contributed by atoms with Crippen molar-refractivity contribution in [2.75, 3.05) is 71.4 Å². The van der Waals surface area contributed by atoms with Crippen molar-refractivity contribution in [3.05, 3.63) is 102 Å². The number of hydrogen-bond donors (Lipinski definition) is 3. The number of esters is 1. The molecule has 294 valence electrons. The van der Waals surface area contributed by atoms with Gasteiger partial charge in [0.05, 0.1) is 33.3 Å². The number of ether oxygens (including phenoxy) is 1. The maximum atomic E-state index is 14.2. The highest BCUT2D eigenvalue weighted by atomic mass is 16.5. The summed E-state index contributed by atoms with van der Waals surface area (Å²) in [6.07, 6.45) is 1.49. The number of nitrogens with zero attached hydrogens (tertiary/aromatic N) is 4. The van der Waals surface area contributed by atoms with Gasteiger partial charge in [-0.25, -0.2) is 4.79 Å². The number of rotatable bonds is 18. The number of likely N-dealkylation sites (tertiary alicyclic amines) is 1. The van der Waals surface area contributed by atoms with Gasteiger partial charge in [0, 0.05) is 51.9 Å². The lowest BCUT2D eigenvalue weighted by atomic mass is 9.84. The predicted molar refractivity (Wildman–Crippen MR) is 208 cm³/mol. The molecular weight excluding hydrogens is 702 g/mol. The number of anilines is 1. The molecule has 1 aliphatic heterocycles. The van der Waals surface area contributed by atoms with Crippen LogP contribution in [0.1, 0.15) is 36.0 Å². The molecule has 0 atom stereocenters. The van der Waals surface area contributed by atoms with Crippen LogP contribution in [0.3, 0.4) is 0 Å². The van der Waals surface area contributed by atoms with E-state index >= 15 is 0 Å². The molecule has 0 aliphatic carbocycles. The van der Waals surface area contributed by atoms with Gasteiger partial charge in [0.15, 0.2) is 0 Å². The van der Waals surface area contributed by atoms with Gasteiger partial charge < -0.3 is 35.8 Å². The smallest absolute Gasteiger partial charge is 0.332 e. The lowest BCUT2D eigenvalue weighted by Gasteiger charge is -2.46. The monoisotopic (exact) mass is 755 g/mol. The minimum Gasteiger partial charge on any atom is -0.467 e. The normalized spacial score (nSPS) is 13.6. The summed E-state index contributed by atoms with van der Waals surface area (Å²) in [5.74, 6) is -2.85. The number of piperidine rings is 1. The van der Waals surface area contributed by atoms with Gasteiger partial charge in [0.25, 0.3) is 0 Å². The Labute approximate surface area is 322 Å². The minimum absolute atomic E-state index is 0.0495. The first-order chi connectivity index (χ1) is 26.5. The fraction of sp³-hybridized carbons (Fsp3) is 0.415. The highest BCUT2D eigenvalue weighted by Gasteiger charge is 2.50. The van der Waals surface area contributed by atoms with E-state index in [1.54, 1.807) is 24.3 Å². The molecule has 1 aliphatic rings. The molecule has 1 fully saturated rings. The number of para-hydroxylation sites is 1. The lowest BCUT2D eigenvalue weighted by molar-refractivity contribution is -0.151. The quantitative estimate of drug-likeness (QED) is 0.163. The third-order valence-corrected chi connectivity index (χ3v) is 9.89. The zero-order chi connectivity index (χ0) is 39.8. The van der Waals surface area contributed by atoms with Gasteiger partial charge in [-0.15, -0.1) is 0 Å². The molecule has 0 spiro atoms. The number of hydrogen-bond acceptors (Lipinski definition) is 9. The molecule has 14 heteroatoms. The van der Waals surface area contributed by atoms with E-state index in [-0.39, 0.29) is 45.1 Å². The zero-order valence-electron chi connectivity index (χ0n) is 32.0. The Balaban J connectivity index is 1.42. The average Bonchev–Trinajstić information content (AvgIpc) is 3.20. The summed E-state index contributed by atoms with van der Waals surface area (Å²) in [6.45, 7) is 2.67. The first-order valence-corrected chi connectivity index (χ1v) is 18.5. The number of nitrogens with two attached hydrogens (primary N) is 1. The lowest BCUT2D eigenvalue weighted by Crippen LogP contribution is -2.63. The van der Waals surface area contributed by atoms with Gasteiger partial charge in [0.1, 0.15) is 5.54 Å². The van der Waals surface area contributed by atoms with Crippen molar-refractivity contribution in [1.29, 1.82) is 0 Å². The van der Waals surface area contributed by atoms with Gasteiger partial charge in [-0.3, -0.25) is 28.9 Å². The number of carbonyl (C=O) groups is 6. The summed E-state index contributed by atoms with van der Waals surface area (Å²) >= 11 is 0. The molecule has 3 aromatic rings. The maximum absolute atomic E-state index is 14.2. The third kappa shape index (κ3) is 11.9. The number of likely N-dealkylation sites (N-methyl/N-ethyl adjacent to an activating group) is 1. The minimum atomic E-state index is -1.24. The molecule has 1 heterocycles. The summed E-state index contributed by atoms with van der Waals surface area (Å²) in [5, 5.41) is 5.28. The Morgan fingerprint density at radius 3 is 2.05 bits per heavy atom. The van der Waals surface area contributed by atoms with Crippen LogP contribution in [-0.4, -0.2) is 122 Å². The SMILES string of the molecule is COC(=O)C1(N(C(=O)CCNC(=O)CN(Cc2ccccc2C)C(=O)CNC(=O)CN(C)C(=O)CN)c2ccccc2)CCN(CCc2ccccc2)CC1. The van der Waals surface area contributed by atoms with Crippen LogP contribution in [0, 0.1) is 6.92 Å². The van der Waals surface area contributed by atoms with E-state index in [0.29, 0.717) is 31.6 Å². The van der Waals surface area contributed by atoms with E-state index in [9.17, 15) is 28.8 Å². The molecule has 0 radical (unpaired) electrons. The fourth-order valence-electron chi connectivity index (χ4n) is 6.67. The molecule has 1 saturated heterocycles. The van der Waals surface area contributed by atoms with Crippen molar-refractivity contribution in [2.45, 2.75) is 44.7 Å². The van der Waals surface area contributed by atoms with E-state index in [2.05, 4.69) is 27.7 Å². The van der Waals surface area contributed by atoms with Crippen molar-refractivity contribution >= 4 is 41.2 Å². The Hall–Kier alpha value is -5.60. The number of aryl methyl sites for hydroxylation is 1. The second kappa shape index (κ2) is 20.7. The molecule has 0 aromatic heterocycles. The van der Waals surface area contributed by atoms with Crippen molar-refractivity contribution in [2.24, 2.45) is 5.73 Å². The molecule has 4 N–H and O–H groups in total. The summed E-state index contributed by atoms with van der Waals surface area (Å²) in [7, 11) is 2.76. The number of nitrogens with one attached hydrogen (secondary N) is 2. The van der Waals surface area contributed by atoms with E-state index in [1.165, 1.54) is 29.5 Å². The van der Waals surface area contributed by atoms with Crippen LogP contribution in [0.25, 0.3) is 0 Å². The van der Waals surface area contributed by atoms with Crippen LogP contribution in [0.15, 0.2) is 84.9 Å². The predicted octanol–water partition coefficient (Wildman–Crippen LogP) is 1.65. The highest BCUT2D eigenvalue weighted by Crippen LogP contribution is 2.35. The molecule has 0 unspecified atom stereocenters. The Morgan fingerprint density at radius 2 is 1.42 bits per heavy atom. The number of amides is 5. The summed E-state index contributed by atoms with van der Waals surface area (Å²) in [4.78, 5) is 85.0. The Kier molecular flexibility index (Phi) is 15.9. The van der Waals surface area contributed by atoms with E-state index in [1.807, 2.05) is 55.5 Å². The second-order valence-electron chi connectivity index (χ2n) is 13.7. The summed E-state index contributed by atoms with van der Waals surface area (Å²) in [6, 6.07) is 26.6. The van der Waals surface area contributed by atoms with Crippen LogP contribution in [0.5, 0.6) is 0 Å². The third-order valence-electron chi connectivity index (χ3n) is 9.89. The standard InChI is InChI=1S/C41H53N7O7/c1-31-12-10-11-15-33(31)28-47(39(53)27-44-35(49)29-45(2)38(52)26-42)30-36(50)43-22-18-37(51)48(34-16-8-5-9-17-34)41(40(54)55-3)20-24-46(25-21-41)23-19-32-13-6-4-7-14-32/h4-17H,18-30,42H2,1-3H3,(H,43,50)(H,44,49). The largest absolute Gasteiger partial charge is 0.467 e. The number of benzene rings is 3. The first kappa shape index (κ1) is 42.1. The molecule has 3 aromatic carbocycles. The van der Waals surface area contributed by atoms with Gasteiger partial charge >= 0.3 is 5.97 Å². The summed E-state index contributed by atoms with van der Waals surface area (Å²) < 4.78 is 5.34. The maximum Gasteiger partial charge on any atom is 0.332 e. The second-order valence-corrected chi connectivity index (χ2v) is 13.7. The Bertz CT molecular complexity index is 1760. The molecule has 55 heavy (non-hydrogen) atoms. The van der Waals surface area contributed by atoms with Crippen molar-refractivity contribution in [1.82, 2.24) is 25.3 Å². The van der Waals surface area contributed by atoms with Crippen LogP contribution in [-0.2, 0) is 46.5 Å². The van der Waals surface area contributed by atoms with E-state index in [0.717, 1.165) is 29.0 Å². The molecular formula is C41H53N7O7. The van der Waals surface area contributed by atoms with Crippen LogP contribution < -0.4 is 21.3 Å². The summed E-state index contributed by atoms with van der Waals surface area (Å²) in [5.41, 5.74) is 7.63. The van der Waals surface area contributed by atoms with Crippen molar-refractivity contribution in [3.8, 4) is 0 Å². The molecule has 0 bridgehead atoms. The highest BCUT2D eigenvalue weighted by molar-refractivity contribution is 6.02. The van der Waals surface area contributed by atoms with Crippen LogP contribution >= 0.6 is 0 Å². The zero-order valence-corrected chi connectivity index (χ0v) is 32.0. The van der Waals surface area contributed by atoms with Gasteiger partial charge in [-0.05, 0) is 55.0 Å². The fourth-order valence-corrected chi connectivity index (χ4v) is 6.67. The molecule has 4 rings (SSSR count). The number of methoxy groups -OCH3 is 1. The molecule has 5 amide bonds. The first-order valence-electron chi connectivity index (χ1n) is 18.5. The van der Waals surface area contributed by atoms with Crippen LogP contribution in [0.2, 0.25) is 0 Å².